The Balaban J connectivity index is 2.40. The highest BCUT2D eigenvalue weighted by Gasteiger charge is 2.22. The van der Waals surface area contributed by atoms with Crippen LogP contribution >= 0.6 is 15.9 Å². The standard InChI is InChI=1S/C12H18BrN5/c1-4-6-14-11(10-5-7-15-17(10)2)12-9(13)8-16-18(12)3/h5,7-8,11,14H,4,6H2,1-3H3. The molecule has 0 saturated heterocycles. The summed E-state index contributed by atoms with van der Waals surface area (Å²) in [5.74, 6) is 0. The van der Waals surface area contributed by atoms with E-state index in [1.165, 1.54) is 0 Å². The zero-order chi connectivity index (χ0) is 13.1. The number of halogens is 1. The van der Waals surface area contributed by atoms with Crippen LogP contribution in [0, 0.1) is 0 Å². The van der Waals surface area contributed by atoms with Gasteiger partial charge in [0.05, 0.1) is 28.1 Å². The first-order valence-corrected chi connectivity index (χ1v) is 6.83. The van der Waals surface area contributed by atoms with E-state index < -0.39 is 0 Å². The van der Waals surface area contributed by atoms with Crippen LogP contribution in [0.15, 0.2) is 22.9 Å². The number of hydrogen-bond acceptors (Lipinski definition) is 3. The molecule has 0 aromatic carbocycles. The van der Waals surface area contributed by atoms with Crippen LogP contribution < -0.4 is 5.32 Å². The zero-order valence-corrected chi connectivity index (χ0v) is 12.5. The van der Waals surface area contributed by atoms with Crippen molar-refractivity contribution in [2.24, 2.45) is 14.1 Å². The molecule has 0 fully saturated rings. The molecule has 18 heavy (non-hydrogen) atoms. The second-order valence-electron chi connectivity index (χ2n) is 4.27. The van der Waals surface area contributed by atoms with Crippen molar-refractivity contribution in [2.75, 3.05) is 6.54 Å². The summed E-state index contributed by atoms with van der Waals surface area (Å²) in [7, 11) is 3.91. The fraction of sp³-hybridized carbons (Fsp3) is 0.500. The Morgan fingerprint density at radius 2 is 2.11 bits per heavy atom. The van der Waals surface area contributed by atoms with Crippen LogP contribution in [0.1, 0.15) is 30.8 Å². The molecule has 6 heteroatoms. The highest BCUT2D eigenvalue weighted by atomic mass is 79.9. The number of nitrogens with one attached hydrogen (secondary N) is 1. The molecular formula is C12H18BrN5. The first-order valence-electron chi connectivity index (χ1n) is 6.03. The lowest BCUT2D eigenvalue weighted by Crippen LogP contribution is -2.27. The van der Waals surface area contributed by atoms with E-state index >= 15 is 0 Å². The monoisotopic (exact) mass is 311 g/mol. The van der Waals surface area contributed by atoms with Crippen LogP contribution in [0.4, 0.5) is 0 Å². The molecule has 0 saturated carbocycles. The molecule has 2 aromatic rings. The van der Waals surface area contributed by atoms with E-state index in [2.05, 4.69) is 38.4 Å². The van der Waals surface area contributed by atoms with E-state index in [0.29, 0.717) is 0 Å². The van der Waals surface area contributed by atoms with Gasteiger partial charge in [0.25, 0.3) is 0 Å². The van der Waals surface area contributed by atoms with Crippen LogP contribution in [0.5, 0.6) is 0 Å². The molecular weight excluding hydrogens is 294 g/mol. The molecule has 0 amide bonds. The Labute approximate surface area is 115 Å². The van der Waals surface area contributed by atoms with Gasteiger partial charge in [0, 0.05) is 20.3 Å². The van der Waals surface area contributed by atoms with Crippen molar-refractivity contribution >= 4 is 15.9 Å². The Morgan fingerprint density at radius 1 is 1.33 bits per heavy atom. The summed E-state index contributed by atoms with van der Waals surface area (Å²) >= 11 is 3.57. The van der Waals surface area contributed by atoms with E-state index in [-0.39, 0.29) is 6.04 Å². The molecule has 5 nitrogen and oxygen atoms in total. The van der Waals surface area contributed by atoms with Crippen LogP contribution in [0.2, 0.25) is 0 Å². The number of aromatic nitrogens is 4. The number of rotatable bonds is 5. The van der Waals surface area contributed by atoms with E-state index in [4.69, 9.17) is 0 Å². The van der Waals surface area contributed by atoms with Gasteiger partial charge in [-0.05, 0) is 35.0 Å². The van der Waals surface area contributed by atoms with Crippen LogP contribution in [-0.4, -0.2) is 26.1 Å². The van der Waals surface area contributed by atoms with Gasteiger partial charge in [-0.2, -0.15) is 10.2 Å². The van der Waals surface area contributed by atoms with Gasteiger partial charge in [-0.3, -0.25) is 9.36 Å². The third-order valence-electron chi connectivity index (χ3n) is 2.96. The van der Waals surface area contributed by atoms with Crippen molar-refractivity contribution < 1.29 is 0 Å². The summed E-state index contributed by atoms with van der Waals surface area (Å²) in [6.45, 7) is 3.11. The summed E-state index contributed by atoms with van der Waals surface area (Å²) in [5.41, 5.74) is 2.25. The maximum atomic E-state index is 4.28. The normalized spacial score (nSPS) is 12.9. The predicted molar refractivity (Wildman–Crippen MR) is 74.3 cm³/mol. The number of hydrogen-bond donors (Lipinski definition) is 1. The van der Waals surface area contributed by atoms with Crippen molar-refractivity contribution in [3.63, 3.8) is 0 Å². The molecule has 1 atom stereocenters. The average Bonchev–Trinajstić information content (AvgIpc) is 2.90. The SMILES string of the molecule is CCCNC(c1ccnn1C)c1c(Br)cnn1C. The largest absolute Gasteiger partial charge is 0.304 e. The first kappa shape index (κ1) is 13.3. The maximum absolute atomic E-state index is 4.28. The number of nitrogens with zero attached hydrogens (tertiary/aromatic N) is 4. The van der Waals surface area contributed by atoms with Crippen molar-refractivity contribution in [1.29, 1.82) is 0 Å². The summed E-state index contributed by atoms with van der Waals surface area (Å²) in [6, 6.07) is 2.13. The molecule has 0 aliphatic carbocycles. The summed E-state index contributed by atoms with van der Waals surface area (Å²) in [6.07, 6.45) is 4.73. The van der Waals surface area contributed by atoms with Gasteiger partial charge in [-0.25, -0.2) is 0 Å². The van der Waals surface area contributed by atoms with Gasteiger partial charge in [0.1, 0.15) is 0 Å². The smallest absolute Gasteiger partial charge is 0.0930 e. The fourth-order valence-corrected chi connectivity index (χ4v) is 2.62. The lowest BCUT2D eigenvalue weighted by molar-refractivity contribution is 0.518. The second kappa shape index (κ2) is 5.67. The van der Waals surface area contributed by atoms with Gasteiger partial charge in [-0.15, -0.1) is 0 Å². The third-order valence-corrected chi connectivity index (χ3v) is 3.58. The van der Waals surface area contributed by atoms with Crippen molar-refractivity contribution in [2.45, 2.75) is 19.4 Å². The zero-order valence-electron chi connectivity index (χ0n) is 10.9. The molecule has 2 rings (SSSR count). The Bertz CT molecular complexity index is 497. The molecule has 98 valence electrons. The second-order valence-corrected chi connectivity index (χ2v) is 5.12. The molecule has 0 bridgehead atoms. The van der Waals surface area contributed by atoms with Gasteiger partial charge in [0.15, 0.2) is 0 Å². The summed E-state index contributed by atoms with van der Waals surface area (Å²) in [4.78, 5) is 0. The van der Waals surface area contributed by atoms with E-state index in [1.807, 2.05) is 41.9 Å². The van der Waals surface area contributed by atoms with Crippen LogP contribution in [0.25, 0.3) is 0 Å². The maximum Gasteiger partial charge on any atom is 0.0930 e. The third kappa shape index (κ3) is 2.49. The first-order chi connectivity index (χ1) is 8.65. The van der Waals surface area contributed by atoms with Gasteiger partial charge in [0.2, 0.25) is 0 Å². The van der Waals surface area contributed by atoms with E-state index in [1.54, 1.807) is 0 Å². The average molecular weight is 312 g/mol. The summed E-state index contributed by atoms with van der Waals surface area (Å²) < 4.78 is 4.80. The quantitative estimate of drug-likeness (QED) is 0.919. The minimum atomic E-state index is 0.0966. The van der Waals surface area contributed by atoms with Crippen LogP contribution in [0.3, 0.4) is 0 Å². The number of aryl methyl sites for hydroxylation is 2. The molecule has 0 aliphatic rings. The molecule has 1 N–H and O–H groups in total. The summed E-state index contributed by atoms with van der Waals surface area (Å²) in [5, 5.41) is 12.1. The molecule has 2 aromatic heterocycles. The molecule has 0 spiro atoms. The van der Waals surface area contributed by atoms with Crippen molar-refractivity contribution in [3.05, 3.63) is 34.3 Å². The minimum absolute atomic E-state index is 0.0966. The minimum Gasteiger partial charge on any atom is -0.304 e. The highest BCUT2D eigenvalue weighted by Crippen LogP contribution is 2.27. The predicted octanol–water partition coefficient (Wildman–Crippen LogP) is 2.01. The Hall–Kier alpha value is -1.14. The molecule has 0 aliphatic heterocycles. The van der Waals surface area contributed by atoms with Crippen molar-refractivity contribution in [3.8, 4) is 0 Å². The van der Waals surface area contributed by atoms with Gasteiger partial charge in [-0.1, -0.05) is 6.92 Å². The molecule has 0 radical (unpaired) electrons. The lowest BCUT2D eigenvalue weighted by atomic mass is 10.1. The topological polar surface area (TPSA) is 47.7 Å². The Kier molecular flexibility index (Phi) is 4.19. The van der Waals surface area contributed by atoms with Crippen molar-refractivity contribution in [1.82, 2.24) is 24.9 Å². The van der Waals surface area contributed by atoms with E-state index in [9.17, 15) is 0 Å². The fourth-order valence-electron chi connectivity index (χ4n) is 2.04. The van der Waals surface area contributed by atoms with Crippen LogP contribution in [-0.2, 0) is 14.1 Å². The highest BCUT2D eigenvalue weighted by molar-refractivity contribution is 9.10. The molecule has 2 heterocycles. The Morgan fingerprint density at radius 3 is 2.61 bits per heavy atom. The van der Waals surface area contributed by atoms with E-state index in [0.717, 1.165) is 28.8 Å². The lowest BCUT2D eigenvalue weighted by Gasteiger charge is -2.19. The van der Waals surface area contributed by atoms with Gasteiger partial charge >= 0.3 is 0 Å². The molecule has 1 unspecified atom stereocenters. The van der Waals surface area contributed by atoms with Gasteiger partial charge < -0.3 is 5.32 Å².